The molecule has 2 aliphatic heterocycles. The molecule has 0 saturated carbocycles. The number of aromatic nitrogens is 2. The predicted molar refractivity (Wildman–Crippen MR) is 113 cm³/mol. The zero-order chi connectivity index (χ0) is 17.4. The minimum atomic E-state index is 0. The summed E-state index contributed by atoms with van der Waals surface area (Å²) in [5.74, 6) is 1.09. The highest BCUT2D eigenvalue weighted by molar-refractivity contribution is 5.85. The summed E-state index contributed by atoms with van der Waals surface area (Å²) in [6.45, 7) is 6.47. The number of piperidine rings is 1. The van der Waals surface area contributed by atoms with Gasteiger partial charge in [-0.25, -0.2) is 0 Å². The normalized spacial score (nSPS) is 20.4. The van der Waals surface area contributed by atoms with Gasteiger partial charge in [-0.15, -0.1) is 24.8 Å². The Morgan fingerprint density at radius 3 is 2.74 bits per heavy atom. The number of nitrogens with zero attached hydrogens (tertiary/aromatic N) is 3. The minimum Gasteiger partial charge on any atom is -0.316 e. The summed E-state index contributed by atoms with van der Waals surface area (Å²) < 4.78 is 2.04. The topological polar surface area (TPSA) is 50.2 Å². The van der Waals surface area contributed by atoms with E-state index in [1.807, 2.05) is 23.0 Å². The van der Waals surface area contributed by atoms with Crippen LogP contribution in [-0.4, -0.2) is 34.6 Å². The van der Waals surface area contributed by atoms with Gasteiger partial charge in [0.25, 0.3) is 5.56 Å². The van der Waals surface area contributed by atoms with Crippen molar-refractivity contribution >= 4 is 24.8 Å². The van der Waals surface area contributed by atoms with Crippen LogP contribution in [0.15, 0.2) is 35.4 Å². The van der Waals surface area contributed by atoms with E-state index in [0.717, 1.165) is 31.7 Å². The zero-order valence-electron chi connectivity index (χ0n) is 15.9. The van der Waals surface area contributed by atoms with Crippen molar-refractivity contribution < 1.29 is 0 Å². The van der Waals surface area contributed by atoms with Gasteiger partial charge in [-0.1, -0.05) is 6.07 Å². The van der Waals surface area contributed by atoms with Gasteiger partial charge in [0.2, 0.25) is 0 Å². The lowest BCUT2D eigenvalue weighted by Crippen LogP contribution is -2.45. The third-order valence-corrected chi connectivity index (χ3v) is 5.60. The summed E-state index contributed by atoms with van der Waals surface area (Å²) >= 11 is 0. The van der Waals surface area contributed by atoms with E-state index in [9.17, 15) is 4.79 Å². The van der Waals surface area contributed by atoms with Crippen LogP contribution in [0.25, 0.3) is 0 Å². The van der Waals surface area contributed by atoms with Crippen molar-refractivity contribution in [3.8, 4) is 0 Å². The lowest BCUT2D eigenvalue weighted by Gasteiger charge is -2.37. The molecule has 1 N–H and O–H groups in total. The summed E-state index contributed by atoms with van der Waals surface area (Å²) in [5.41, 5.74) is 4.76. The first kappa shape index (κ1) is 21.9. The third kappa shape index (κ3) is 4.54. The number of hydrogen-bond acceptors (Lipinski definition) is 4. The van der Waals surface area contributed by atoms with Crippen molar-refractivity contribution in [1.29, 1.82) is 0 Å². The Balaban J connectivity index is 0.00000131. The molecule has 1 fully saturated rings. The molecular formula is C20H28Cl2N4O. The van der Waals surface area contributed by atoms with Gasteiger partial charge in [0, 0.05) is 55.7 Å². The van der Waals surface area contributed by atoms with Crippen molar-refractivity contribution in [3.63, 3.8) is 0 Å². The van der Waals surface area contributed by atoms with Crippen molar-refractivity contribution in [2.45, 2.75) is 38.9 Å². The second-order valence-corrected chi connectivity index (χ2v) is 7.63. The highest BCUT2D eigenvalue weighted by atomic mass is 35.5. The average Bonchev–Trinajstić information content (AvgIpc) is 2.60. The molecule has 2 aromatic rings. The number of fused-ring (bicyclic) bond motifs is 4. The number of rotatable bonds is 4. The van der Waals surface area contributed by atoms with Gasteiger partial charge < -0.3 is 9.88 Å². The van der Waals surface area contributed by atoms with Gasteiger partial charge in [0.05, 0.1) is 0 Å². The quantitative estimate of drug-likeness (QED) is 0.841. The minimum absolute atomic E-state index is 0. The van der Waals surface area contributed by atoms with Gasteiger partial charge in [-0.3, -0.25) is 14.7 Å². The summed E-state index contributed by atoms with van der Waals surface area (Å²) in [7, 11) is 2.07. The first-order valence-electron chi connectivity index (χ1n) is 9.13. The van der Waals surface area contributed by atoms with Crippen LogP contribution in [0, 0.1) is 12.8 Å². The van der Waals surface area contributed by atoms with Crippen LogP contribution in [0.4, 0.5) is 0 Å². The van der Waals surface area contributed by atoms with E-state index in [0.29, 0.717) is 18.4 Å². The molecule has 1 saturated heterocycles. The summed E-state index contributed by atoms with van der Waals surface area (Å²) in [6.07, 6.45) is 4.94. The average molecular weight is 411 g/mol. The maximum absolute atomic E-state index is 13.0. The van der Waals surface area contributed by atoms with Gasteiger partial charge >= 0.3 is 0 Å². The number of halogens is 2. The molecule has 7 heteroatoms. The van der Waals surface area contributed by atoms with E-state index < -0.39 is 0 Å². The molecular weight excluding hydrogens is 383 g/mol. The Kier molecular flexibility index (Phi) is 7.46. The molecule has 0 radical (unpaired) electrons. The van der Waals surface area contributed by atoms with Crippen molar-refractivity contribution in [1.82, 2.24) is 19.8 Å². The van der Waals surface area contributed by atoms with Crippen LogP contribution in [0.1, 0.15) is 34.7 Å². The van der Waals surface area contributed by atoms with Crippen molar-refractivity contribution in [2.75, 3.05) is 20.1 Å². The lowest BCUT2D eigenvalue weighted by atomic mass is 9.84. The first-order valence-corrected chi connectivity index (χ1v) is 9.13. The smallest absolute Gasteiger partial charge is 0.255 e. The van der Waals surface area contributed by atoms with E-state index in [-0.39, 0.29) is 30.4 Å². The zero-order valence-corrected chi connectivity index (χ0v) is 17.5. The van der Waals surface area contributed by atoms with Gasteiger partial charge in [-0.2, -0.15) is 0 Å². The van der Waals surface area contributed by atoms with E-state index in [2.05, 4.69) is 41.3 Å². The van der Waals surface area contributed by atoms with Crippen LogP contribution >= 0.6 is 24.8 Å². The Morgan fingerprint density at radius 1 is 1.19 bits per heavy atom. The maximum atomic E-state index is 13.0. The molecule has 2 atom stereocenters. The fourth-order valence-electron chi connectivity index (χ4n) is 4.27. The highest BCUT2D eigenvalue weighted by Crippen LogP contribution is 2.31. The maximum Gasteiger partial charge on any atom is 0.255 e. The molecule has 27 heavy (non-hydrogen) atoms. The number of nitrogens with one attached hydrogen (secondary N) is 1. The van der Waals surface area contributed by atoms with Crippen molar-refractivity contribution in [3.05, 3.63) is 63.3 Å². The molecule has 2 aliphatic rings. The molecule has 2 aromatic heterocycles. The molecule has 0 spiro atoms. The Morgan fingerprint density at radius 2 is 1.96 bits per heavy atom. The van der Waals surface area contributed by atoms with Crippen LogP contribution in [0.2, 0.25) is 0 Å². The Hall–Kier alpha value is -1.40. The largest absolute Gasteiger partial charge is 0.316 e. The molecule has 0 unspecified atom stereocenters. The fourth-order valence-corrected chi connectivity index (χ4v) is 4.27. The van der Waals surface area contributed by atoms with Gasteiger partial charge in [0.1, 0.15) is 0 Å². The Bertz CT molecular complexity index is 839. The molecule has 0 amide bonds. The second-order valence-electron chi connectivity index (χ2n) is 7.63. The fraction of sp³-hybridized carbons (Fsp3) is 0.500. The predicted octanol–water partition coefficient (Wildman–Crippen LogP) is 2.73. The number of aryl methyl sites for hydroxylation is 1. The second kappa shape index (κ2) is 9.20. The SMILES string of the molecule is Cc1cnccc1CN(C)Cc1ccc2n(c1=O)C[C@@H]1CNC[C@H]2C1.Cl.Cl. The number of pyridine rings is 2. The third-order valence-electron chi connectivity index (χ3n) is 5.60. The standard InChI is InChI=1S/C20H26N4O.2ClH/c1-14-8-21-6-5-16(14)12-23(2)13-17-3-4-19-18-7-15(9-22-10-18)11-24(19)20(17)25;;/h3-6,8,15,18,22H,7,9-13H2,1-2H3;2*1H/t15-,18+;;/m0../s1. The molecule has 148 valence electrons. The van der Waals surface area contributed by atoms with Crippen LogP contribution in [0.5, 0.6) is 0 Å². The van der Waals surface area contributed by atoms with Crippen molar-refractivity contribution in [2.24, 2.45) is 5.92 Å². The monoisotopic (exact) mass is 410 g/mol. The van der Waals surface area contributed by atoms with Crippen LogP contribution < -0.4 is 10.9 Å². The highest BCUT2D eigenvalue weighted by Gasteiger charge is 2.31. The summed E-state index contributed by atoms with van der Waals surface area (Å²) in [5, 5.41) is 3.50. The summed E-state index contributed by atoms with van der Waals surface area (Å²) in [4.78, 5) is 19.4. The molecule has 0 aliphatic carbocycles. The van der Waals surface area contributed by atoms with Crippen LogP contribution in [-0.2, 0) is 19.6 Å². The lowest BCUT2D eigenvalue weighted by molar-refractivity contribution is 0.254. The first-order chi connectivity index (χ1) is 12.1. The van der Waals surface area contributed by atoms with E-state index in [1.165, 1.54) is 23.2 Å². The molecule has 2 bridgehead atoms. The molecule has 0 aromatic carbocycles. The van der Waals surface area contributed by atoms with Crippen LogP contribution in [0.3, 0.4) is 0 Å². The molecule has 5 nitrogen and oxygen atoms in total. The van der Waals surface area contributed by atoms with Gasteiger partial charge in [-0.05, 0) is 56.1 Å². The van der Waals surface area contributed by atoms with E-state index in [1.54, 1.807) is 0 Å². The molecule has 4 rings (SSSR count). The Labute approximate surface area is 173 Å². The molecule has 4 heterocycles. The van der Waals surface area contributed by atoms with E-state index >= 15 is 0 Å². The van der Waals surface area contributed by atoms with E-state index in [4.69, 9.17) is 0 Å². The number of hydrogen-bond donors (Lipinski definition) is 1. The van der Waals surface area contributed by atoms with Gasteiger partial charge in [0.15, 0.2) is 0 Å². The summed E-state index contributed by atoms with van der Waals surface area (Å²) in [6, 6.07) is 6.27.